The van der Waals surface area contributed by atoms with E-state index in [1.165, 1.54) is 6.42 Å². The molecule has 7 nitrogen and oxygen atoms in total. The lowest BCUT2D eigenvalue weighted by atomic mass is 10.1. The molecule has 0 bridgehead atoms. The average Bonchev–Trinajstić information content (AvgIpc) is 3.42. The Bertz CT molecular complexity index is 792. The summed E-state index contributed by atoms with van der Waals surface area (Å²) in [6.45, 7) is 10.6. The fourth-order valence-electron chi connectivity index (χ4n) is 4.00. The number of ether oxygens (including phenoxy) is 1. The van der Waals surface area contributed by atoms with Gasteiger partial charge in [-0.3, -0.25) is 4.90 Å². The summed E-state index contributed by atoms with van der Waals surface area (Å²) in [6.07, 6.45) is 2.92. The molecule has 0 spiro atoms. The number of nitrogens with one attached hydrogen (secondary N) is 1. The molecule has 1 aromatic heterocycles. The Balaban J connectivity index is 0.00000256. The van der Waals surface area contributed by atoms with Gasteiger partial charge in [-0.15, -0.1) is 24.0 Å². The molecular formula is C22H32IN5O2. The SMILES string of the molecule is CCNC(=NCc1coc(-c2ccccc2)n1)N1CCC(CN2CCOCC2)C1.I. The van der Waals surface area contributed by atoms with Crippen LogP contribution in [0.2, 0.25) is 0 Å². The van der Waals surface area contributed by atoms with Crippen LogP contribution in [0.1, 0.15) is 19.0 Å². The number of hydrogen-bond donors (Lipinski definition) is 1. The van der Waals surface area contributed by atoms with Crippen molar-refractivity contribution in [2.75, 3.05) is 52.5 Å². The molecule has 2 aliphatic rings. The Morgan fingerprint density at radius 3 is 2.77 bits per heavy atom. The highest BCUT2D eigenvalue weighted by atomic mass is 127. The van der Waals surface area contributed by atoms with E-state index in [-0.39, 0.29) is 24.0 Å². The van der Waals surface area contributed by atoms with Crippen LogP contribution in [0.5, 0.6) is 0 Å². The maximum Gasteiger partial charge on any atom is 0.226 e. The smallest absolute Gasteiger partial charge is 0.226 e. The number of aromatic nitrogens is 1. The third-order valence-corrected chi connectivity index (χ3v) is 5.50. The third-order valence-electron chi connectivity index (χ3n) is 5.50. The van der Waals surface area contributed by atoms with Crippen molar-refractivity contribution in [3.05, 3.63) is 42.3 Å². The van der Waals surface area contributed by atoms with E-state index >= 15 is 0 Å². The van der Waals surface area contributed by atoms with Crippen LogP contribution < -0.4 is 5.32 Å². The number of guanidine groups is 1. The Hall–Kier alpha value is -1.65. The number of likely N-dealkylation sites (tertiary alicyclic amines) is 1. The standard InChI is InChI=1S/C22H31N5O2.HI/c1-2-23-22(27-9-8-18(16-27)15-26-10-12-28-13-11-26)24-14-20-17-29-21(25-20)19-6-4-3-5-7-19;/h3-7,17-18H,2,8-16H2,1H3,(H,23,24);1H. The number of aliphatic imine (C=N–C) groups is 1. The molecule has 1 atom stereocenters. The second-order valence-corrected chi connectivity index (χ2v) is 7.69. The summed E-state index contributed by atoms with van der Waals surface area (Å²) < 4.78 is 11.1. The summed E-state index contributed by atoms with van der Waals surface area (Å²) in [5.74, 6) is 2.31. The van der Waals surface area contributed by atoms with Crippen LogP contribution in [0.3, 0.4) is 0 Å². The van der Waals surface area contributed by atoms with Crippen LogP contribution in [0.25, 0.3) is 11.5 Å². The highest BCUT2D eigenvalue weighted by Gasteiger charge is 2.27. The molecule has 1 N–H and O–H groups in total. The molecule has 3 heterocycles. The van der Waals surface area contributed by atoms with Gasteiger partial charge in [-0.25, -0.2) is 9.98 Å². The second kappa shape index (κ2) is 11.7. The number of halogens is 1. The van der Waals surface area contributed by atoms with E-state index in [4.69, 9.17) is 14.1 Å². The first-order valence-electron chi connectivity index (χ1n) is 10.6. The van der Waals surface area contributed by atoms with Crippen LogP contribution in [0.4, 0.5) is 0 Å². The van der Waals surface area contributed by atoms with Crippen molar-refractivity contribution in [1.29, 1.82) is 0 Å². The van der Waals surface area contributed by atoms with Gasteiger partial charge in [0.05, 0.1) is 19.8 Å². The maximum absolute atomic E-state index is 5.64. The molecule has 164 valence electrons. The molecule has 2 saturated heterocycles. The monoisotopic (exact) mass is 525 g/mol. The van der Waals surface area contributed by atoms with Gasteiger partial charge in [-0.2, -0.15) is 0 Å². The van der Waals surface area contributed by atoms with E-state index in [9.17, 15) is 0 Å². The van der Waals surface area contributed by atoms with Crippen molar-refractivity contribution < 1.29 is 9.15 Å². The van der Waals surface area contributed by atoms with Gasteiger partial charge in [0.25, 0.3) is 0 Å². The molecular weight excluding hydrogens is 493 g/mol. The number of hydrogen-bond acceptors (Lipinski definition) is 5. The summed E-state index contributed by atoms with van der Waals surface area (Å²) in [6, 6.07) is 9.97. The van der Waals surface area contributed by atoms with E-state index in [1.807, 2.05) is 30.3 Å². The molecule has 2 aliphatic heterocycles. The van der Waals surface area contributed by atoms with E-state index in [0.29, 0.717) is 18.4 Å². The van der Waals surface area contributed by atoms with E-state index in [1.54, 1.807) is 6.26 Å². The number of rotatable bonds is 6. The highest BCUT2D eigenvalue weighted by Crippen LogP contribution is 2.20. The lowest BCUT2D eigenvalue weighted by Crippen LogP contribution is -2.42. The van der Waals surface area contributed by atoms with Gasteiger partial charge >= 0.3 is 0 Å². The maximum atomic E-state index is 5.64. The fourth-order valence-corrected chi connectivity index (χ4v) is 4.00. The zero-order valence-corrected chi connectivity index (χ0v) is 20.0. The van der Waals surface area contributed by atoms with Crippen molar-refractivity contribution in [2.45, 2.75) is 19.9 Å². The number of morpholine rings is 1. The molecule has 2 aromatic rings. The van der Waals surface area contributed by atoms with Crippen molar-refractivity contribution in [3.8, 4) is 11.5 Å². The predicted molar refractivity (Wildman–Crippen MR) is 129 cm³/mol. The van der Waals surface area contributed by atoms with E-state index < -0.39 is 0 Å². The molecule has 1 unspecified atom stereocenters. The zero-order chi connectivity index (χ0) is 19.9. The van der Waals surface area contributed by atoms with E-state index in [0.717, 1.165) is 69.7 Å². The van der Waals surface area contributed by atoms with Crippen LogP contribution in [0, 0.1) is 5.92 Å². The molecule has 0 saturated carbocycles. The lowest BCUT2D eigenvalue weighted by Gasteiger charge is -2.29. The van der Waals surface area contributed by atoms with Crippen LogP contribution >= 0.6 is 24.0 Å². The Labute approximate surface area is 195 Å². The minimum Gasteiger partial charge on any atom is -0.444 e. The van der Waals surface area contributed by atoms with Crippen molar-refractivity contribution in [2.24, 2.45) is 10.9 Å². The summed E-state index contributed by atoms with van der Waals surface area (Å²) in [5.41, 5.74) is 1.84. The molecule has 0 aliphatic carbocycles. The van der Waals surface area contributed by atoms with Crippen LogP contribution in [-0.4, -0.2) is 73.2 Å². The first-order chi connectivity index (χ1) is 14.3. The number of nitrogens with zero attached hydrogens (tertiary/aromatic N) is 4. The van der Waals surface area contributed by atoms with Crippen molar-refractivity contribution in [3.63, 3.8) is 0 Å². The topological polar surface area (TPSA) is 66.1 Å². The Morgan fingerprint density at radius 1 is 1.20 bits per heavy atom. The number of benzene rings is 1. The van der Waals surface area contributed by atoms with Crippen molar-refractivity contribution >= 4 is 29.9 Å². The molecule has 0 amide bonds. The Morgan fingerprint density at radius 2 is 2.00 bits per heavy atom. The molecule has 30 heavy (non-hydrogen) atoms. The van der Waals surface area contributed by atoms with E-state index in [2.05, 4.69) is 27.0 Å². The largest absolute Gasteiger partial charge is 0.444 e. The Kier molecular flexibility index (Phi) is 8.95. The van der Waals surface area contributed by atoms with Gasteiger partial charge in [0, 0.05) is 44.8 Å². The van der Waals surface area contributed by atoms with Gasteiger partial charge in [-0.1, -0.05) is 18.2 Å². The quantitative estimate of drug-likeness (QED) is 0.356. The molecule has 8 heteroatoms. The predicted octanol–water partition coefficient (Wildman–Crippen LogP) is 3.08. The number of oxazole rings is 1. The molecule has 4 rings (SSSR count). The van der Waals surface area contributed by atoms with Gasteiger partial charge in [-0.05, 0) is 31.4 Å². The first kappa shape index (κ1) is 23.0. The summed E-state index contributed by atoms with van der Waals surface area (Å²) in [5, 5.41) is 3.44. The summed E-state index contributed by atoms with van der Waals surface area (Å²) >= 11 is 0. The van der Waals surface area contributed by atoms with Crippen LogP contribution in [0.15, 0.2) is 46.0 Å². The van der Waals surface area contributed by atoms with Gasteiger partial charge in [0.15, 0.2) is 5.96 Å². The van der Waals surface area contributed by atoms with Gasteiger partial charge in [0.2, 0.25) is 5.89 Å². The fraction of sp³-hybridized carbons (Fsp3) is 0.545. The molecule has 0 radical (unpaired) electrons. The van der Waals surface area contributed by atoms with Crippen molar-refractivity contribution in [1.82, 2.24) is 20.1 Å². The summed E-state index contributed by atoms with van der Waals surface area (Å²) in [4.78, 5) is 14.3. The molecule has 2 fully saturated rings. The lowest BCUT2D eigenvalue weighted by molar-refractivity contribution is 0.0315. The second-order valence-electron chi connectivity index (χ2n) is 7.69. The normalized spacial score (nSPS) is 20.2. The summed E-state index contributed by atoms with van der Waals surface area (Å²) in [7, 11) is 0. The van der Waals surface area contributed by atoms with Gasteiger partial charge < -0.3 is 19.4 Å². The average molecular weight is 525 g/mol. The molecule has 1 aromatic carbocycles. The zero-order valence-electron chi connectivity index (χ0n) is 17.6. The minimum absolute atomic E-state index is 0. The minimum atomic E-state index is 0. The highest BCUT2D eigenvalue weighted by molar-refractivity contribution is 14.0. The third kappa shape index (κ3) is 6.18. The van der Waals surface area contributed by atoms with Crippen LogP contribution in [-0.2, 0) is 11.3 Å². The first-order valence-corrected chi connectivity index (χ1v) is 10.6. The van der Waals surface area contributed by atoms with Gasteiger partial charge in [0.1, 0.15) is 12.0 Å².